The van der Waals surface area contributed by atoms with E-state index >= 15 is 0 Å². The van der Waals surface area contributed by atoms with E-state index in [-0.39, 0.29) is 32.0 Å². The molecule has 0 bridgehead atoms. The van der Waals surface area contributed by atoms with Gasteiger partial charge in [0.25, 0.3) is 0 Å². The molecular formula is C20H23ClF2N2O2. The van der Waals surface area contributed by atoms with Crippen molar-refractivity contribution in [3.05, 3.63) is 47.3 Å². The molecule has 4 rings (SSSR count). The van der Waals surface area contributed by atoms with Gasteiger partial charge in [-0.25, -0.2) is 8.78 Å². The van der Waals surface area contributed by atoms with E-state index in [1.54, 1.807) is 6.07 Å². The molecule has 0 amide bonds. The van der Waals surface area contributed by atoms with Crippen molar-refractivity contribution in [1.29, 1.82) is 0 Å². The van der Waals surface area contributed by atoms with Crippen molar-refractivity contribution >= 4 is 22.8 Å². The van der Waals surface area contributed by atoms with Crippen molar-refractivity contribution in [2.75, 3.05) is 19.8 Å². The van der Waals surface area contributed by atoms with Crippen molar-refractivity contribution in [2.45, 2.75) is 37.2 Å². The molecule has 0 spiro atoms. The van der Waals surface area contributed by atoms with E-state index in [2.05, 4.69) is 11.9 Å². The standard InChI is InChI=1S/C20H23ClF2N2O2/c1-13(24-10-14-4-6-20(22,23)7-5-14)15-9-17(19(26)11-27-12-19)25-8-2-3-16(21)18(15)25/h2-3,8-9,14,24,26H,1,4-7,10-12H2. The van der Waals surface area contributed by atoms with Crippen LogP contribution in [0.1, 0.15) is 36.9 Å². The SMILES string of the molecule is C=C(NCC1CCC(F)(F)CC1)c1cc(C2(O)COC2)n2cccc(Cl)c12. The van der Waals surface area contributed by atoms with Gasteiger partial charge in [0.15, 0.2) is 5.60 Å². The van der Waals surface area contributed by atoms with Gasteiger partial charge in [-0.1, -0.05) is 18.2 Å². The highest BCUT2D eigenvalue weighted by atomic mass is 35.5. The van der Waals surface area contributed by atoms with E-state index in [0.717, 1.165) is 11.1 Å². The summed E-state index contributed by atoms with van der Waals surface area (Å²) in [5.74, 6) is -2.32. The van der Waals surface area contributed by atoms with Crippen molar-refractivity contribution in [2.24, 2.45) is 5.92 Å². The molecule has 2 aromatic heterocycles. The number of nitrogens with zero attached hydrogens (tertiary/aromatic N) is 1. The Bertz CT molecular complexity index is 866. The third-order valence-electron chi connectivity index (χ3n) is 5.66. The molecule has 1 saturated heterocycles. The van der Waals surface area contributed by atoms with Crippen LogP contribution in [0.25, 0.3) is 11.2 Å². The maximum Gasteiger partial charge on any atom is 0.248 e. The maximum atomic E-state index is 13.3. The highest BCUT2D eigenvalue weighted by Crippen LogP contribution is 2.38. The summed E-state index contributed by atoms with van der Waals surface area (Å²) in [6, 6.07) is 5.50. The minimum absolute atomic E-state index is 0.0516. The van der Waals surface area contributed by atoms with Crippen molar-refractivity contribution < 1.29 is 18.6 Å². The molecular weight excluding hydrogens is 374 g/mol. The summed E-state index contributed by atoms with van der Waals surface area (Å²) in [5, 5.41) is 14.6. The first-order valence-corrected chi connectivity index (χ1v) is 9.58. The van der Waals surface area contributed by atoms with Crippen LogP contribution < -0.4 is 5.32 Å². The van der Waals surface area contributed by atoms with Crippen molar-refractivity contribution in [3.63, 3.8) is 0 Å². The smallest absolute Gasteiger partial charge is 0.248 e. The normalized spacial score (nSPS) is 21.8. The highest BCUT2D eigenvalue weighted by molar-refractivity contribution is 6.34. The summed E-state index contributed by atoms with van der Waals surface area (Å²) in [6.07, 6.45) is 2.76. The highest BCUT2D eigenvalue weighted by Gasteiger charge is 2.41. The maximum absolute atomic E-state index is 13.3. The van der Waals surface area contributed by atoms with E-state index in [0.29, 0.717) is 35.8 Å². The fourth-order valence-corrected chi connectivity index (χ4v) is 4.18. The van der Waals surface area contributed by atoms with Crippen LogP contribution in [-0.4, -0.2) is 35.2 Å². The molecule has 1 saturated carbocycles. The third-order valence-corrected chi connectivity index (χ3v) is 5.97. The Morgan fingerprint density at radius 3 is 2.70 bits per heavy atom. The zero-order valence-corrected chi connectivity index (χ0v) is 15.7. The first-order chi connectivity index (χ1) is 12.8. The molecule has 1 aliphatic carbocycles. The summed E-state index contributed by atoms with van der Waals surface area (Å²) in [7, 11) is 0. The second-order valence-corrected chi connectivity index (χ2v) is 8.11. The van der Waals surface area contributed by atoms with Crippen LogP contribution in [0.15, 0.2) is 31.0 Å². The molecule has 0 aromatic carbocycles. The number of nitrogens with one attached hydrogen (secondary N) is 1. The second kappa shape index (κ2) is 6.76. The summed E-state index contributed by atoms with van der Waals surface area (Å²) in [4.78, 5) is 0. The lowest BCUT2D eigenvalue weighted by molar-refractivity contribution is -0.187. The second-order valence-electron chi connectivity index (χ2n) is 7.70. The monoisotopic (exact) mass is 396 g/mol. The quantitative estimate of drug-likeness (QED) is 0.796. The van der Waals surface area contributed by atoms with E-state index in [1.165, 1.54) is 0 Å². The Labute approximate surface area is 161 Å². The molecule has 2 aromatic rings. The minimum Gasteiger partial charge on any atom is -0.385 e. The number of halogens is 3. The van der Waals surface area contributed by atoms with Gasteiger partial charge in [-0.3, -0.25) is 0 Å². The molecule has 0 radical (unpaired) electrons. The van der Waals surface area contributed by atoms with Gasteiger partial charge in [0.05, 0.1) is 29.4 Å². The van der Waals surface area contributed by atoms with Crippen LogP contribution in [0, 0.1) is 5.92 Å². The molecule has 2 aliphatic rings. The Balaban J connectivity index is 1.55. The zero-order chi connectivity index (χ0) is 19.2. The van der Waals surface area contributed by atoms with E-state index < -0.39 is 11.5 Å². The first kappa shape index (κ1) is 18.7. The number of hydrogen-bond acceptors (Lipinski definition) is 3. The zero-order valence-electron chi connectivity index (χ0n) is 15.0. The number of pyridine rings is 1. The molecule has 2 N–H and O–H groups in total. The Morgan fingerprint density at radius 2 is 2.07 bits per heavy atom. The van der Waals surface area contributed by atoms with E-state index in [4.69, 9.17) is 16.3 Å². The topological polar surface area (TPSA) is 45.9 Å². The lowest BCUT2D eigenvalue weighted by Crippen LogP contribution is -2.47. The molecule has 2 fully saturated rings. The van der Waals surface area contributed by atoms with Gasteiger partial charge in [-0.15, -0.1) is 0 Å². The summed E-state index contributed by atoms with van der Waals surface area (Å²) in [5.41, 5.74) is 1.91. The molecule has 7 heteroatoms. The molecule has 27 heavy (non-hydrogen) atoms. The van der Waals surface area contributed by atoms with Crippen molar-refractivity contribution in [3.8, 4) is 0 Å². The number of hydrogen-bond donors (Lipinski definition) is 2. The lowest BCUT2D eigenvalue weighted by atomic mass is 9.86. The predicted octanol–water partition coefficient (Wildman–Crippen LogP) is 4.20. The van der Waals surface area contributed by atoms with Crippen LogP contribution >= 0.6 is 11.6 Å². The van der Waals surface area contributed by atoms with E-state index in [1.807, 2.05) is 22.7 Å². The number of aromatic nitrogens is 1. The van der Waals surface area contributed by atoms with E-state index in [9.17, 15) is 13.9 Å². The van der Waals surface area contributed by atoms with Gasteiger partial charge in [-0.2, -0.15) is 0 Å². The fourth-order valence-electron chi connectivity index (χ4n) is 3.91. The first-order valence-electron chi connectivity index (χ1n) is 9.20. The van der Waals surface area contributed by atoms with Crippen LogP contribution in [-0.2, 0) is 10.3 Å². The fraction of sp³-hybridized carbons (Fsp3) is 0.500. The van der Waals surface area contributed by atoms with Gasteiger partial charge in [-0.05, 0) is 37.0 Å². The Morgan fingerprint density at radius 1 is 1.37 bits per heavy atom. The predicted molar refractivity (Wildman–Crippen MR) is 101 cm³/mol. The van der Waals surface area contributed by atoms with Gasteiger partial charge in [0.2, 0.25) is 5.92 Å². The third kappa shape index (κ3) is 3.46. The van der Waals surface area contributed by atoms with Gasteiger partial charge >= 0.3 is 0 Å². The van der Waals surface area contributed by atoms with Crippen LogP contribution in [0.2, 0.25) is 5.02 Å². The number of alkyl halides is 2. The number of rotatable bonds is 5. The summed E-state index contributed by atoms with van der Waals surface area (Å²) < 4.78 is 33.7. The van der Waals surface area contributed by atoms with Crippen molar-refractivity contribution in [1.82, 2.24) is 9.72 Å². The average molecular weight is 397 g/mol. The molecule has 3 heterocycles. The van der Waals surface area contributed by atoms with Crippen LogP contribution in [0.4, 0.5) is 8.78 Å². The number of aliphatic hydroxyl groups is 1. The number of ether oxygens (including phenoxy) is 1. The van der Waals surface area contributed by atoms with Gasteiger partial charge in [0, 0.05) is 36.8 Å². The summed E-state index contributed by atoms with van der Waals surface area (Å²) >= 11 is 6.43. The molecule has 1 aliphatic heterocycles. The molecule has 0 atom stereocenters. The van der Waals surface area contributed by atoms with Crippen LogP contribution in [0.5, 0.6) is 0 Å². The minimum atomic E-state index is -2.52. The molecule has 0 unspecified atom stereocenters. The van der Waals surface area contributed by atoms with Gasteiger partial charge < -0.3 is 19.6 Å². The molecule has 4 nitrogen and oxygen atoms in total. The summed E-state index contributed by atoms with van der Waals surface area (Å²) in [6.45, 7) is 5.20. The van der Waals surface area contributed by atoms with Gasteiger partial charge in [0.1, 0.15) is 0 Å². The molecule has 146 valence electrons. The Hall–Kier alpha value is -1.63. The Kier molecular flexibility index (Phi) is 4.69. The van der Waals surface area contributed by atoms with Crippen LogP contribution in [0.3, 0.4) is 0 Å². The average Bonchev–Trinajstić information content (AvgIpc) is 3.00. The number of fused-ring (bicyclic) bond motifs is 1. The lowest BCUT2D eigenvalue weighted by Gasteiger charge is -2.36. The largest absolute Gasteiger partial charge is 0.385 e.